The molecule has 6 rings (SSSR count). The van der Waals surface area contributed by atoms with Crippen LogP contribution in [0.15, 0.2) is 54.6 Å². The highest BCUT2D eigenvalue weighted by molar-refractivity contribution is 7.98. The second-order valence-electron chi connectivity index (χ2n) is 14.4. The van der Waals surface area contributed by atoms with Crippen LogP contribution < -0.4 is 27.0 Å². The van der Waals surface area contributed by atoms with E-state index in [1.165, 1.54) is 23.9 Å². The van der Waals surface area contributed by atoms with Crippen LogP contribution in [0.4, 0.5) is 0 Å². The number of phenols is 1. The zero-order valence-electron chi connectivity index (χ0n) is 28.4. The molecule has 0 aliphatic heterocycles. The average Bonchev–Trinajstić information content (AvgIpc) is 3.08. The minimum Gasteiger partial charge on any atom is -0.508 e. The van der Waals surface area contributed by atoms with Crippen molar-refractivity contribution in [1.82, 2.24) is 21.3 Å². The maximum Gasteiger partial charge on any atom is 0.326 e. The van der Waals surface area contributed by atoms with Crippen LogP contribution in [0.3, 0.4) is 0 Å². The van der Waals surface area contributed by atoms with Gasteiger partial charge in [0, 0.05) is 11.8 Å². The van der Waals surface area contributed by atoms with Gasteiger partial charge in [-0.05, 0) is 104 Å². The first-order valence-corrected chi connectivity index (χ1v) is 18.8. The van der Waals surface area contributed by atoms with Crippen molar-refractivity contribution in [3.8, 4) is 5.75 Å². The van der Waals surface area contributed by atoms with Crippen molar-refractivity contribution in [3.05, 3.63) is 65.7 Å². The van der Waals surface area contributed by atoms with Gasteiger partial charge < -0.3 is 37.2 Å². The van der Waals surface area contributed by atoms with E-state index in [2.05, 4.69) is 21.3 Å². The van der Waals surface area contributed by atoms with Gasteiger partial charge in [0.1, 0.15) is 23.9 Å². The van der Waals surface area contributed by atoms with E-state index < -0.39 is 65.7 Å². The number of rotatable bonds is 17. The first-order valence-electron chi connectivity index (χ1n) is 17.4. The highest BCUT2D eigenvalue weighted by Gasteiger charge is 2.56. The smallest absolute Gasteiger partial charge is 0.326 e. The standard InChI is InChI=1S/C37H49N5O7S/c1-50-12-11-29(36(48)49)41-34(46)30(17-22-5-3-2-4-6-22)40-31(44)21-39-35(47)32(37-18-24-13-25(19-37)15-26(14-24)20-37)42-33(45)28(38)16-23-7-9-27(43)10-8-23/h2-10,24-26,28-30,32,43H,11-21,38H2,1H3,(H,39,47)(H,40,44)(H,41,46)(H,42,45)(H,48,49)/t24?,25?,26?,28-,29-,30-,32?,37?/m0/s1. The number of thioether (sulfide) groups is 1. The molecule has 4 bridgehead atoms. The van der Waals surface area contributed by atoms with E-state index >= 15 is 0 Å². The molecule has 13 heteroatoms. The fraction of sp³-hybridized carbons (Fsp3) is 0.541. The molecule has 4 aliphatic rings. The SMILES string of the molecule is CSCC[C@H](NC(=O)[C@H](Cc1ccccc1)NC(=O)CNC(=O)C(NC(=O)[C@@H](N)Cc1ccc(O)cc1)C12CC3CC(CC(C3)C1)C2)C(=O)O. The van der Waals surface area contributed by atoms with Crippen molar-refractivity contribution < 1.29 is 34.2 Å². The predicted octanol–water partition coefficient (Wildman–Crippen LogP) is 2.13. The number of benzene rings is 2. The number of carboxylic acid groups (broad SMARTS) is 1. The number of nitrogens with one attached hydrogen (secondary N) is 4. The molecule has 2 aromatic carbocycles. The molecule has 0 heterocycles. The normalized spacial score (nSPS) is 24.3. The number of carbonyl (C=O) groups is 5. The summed E-state index contributed by atoms with van der Waals surface area (Å²) in [5.41, 5.74) is 7.42. The Bertz CT molecular complexity index is 1490. The van der Waals surface area contributed by atoms with Crippen molar-refractivity contribution in [2.45, 2.75) is 82.0 Å². The molecule has 1 unspecified atom stereocenters. The van der Waals surface area contributed by atoms with Crippen LogP contribution in [0.5, 0.6) is 5.75 Å². The van der Waals surface area contributed by atoms with Gasteiger partial charge in [-0.2, -0.15) is 11.8 Å². The van der Waals surface area contributed by atoms with E-state index in [0.29, 0.717) is 23.5 Å². The molecule has 270 valence electrons. The lowest BCUT2D eigenvalue weighted by Crippen LogP contribution is -2.64. The molecular weight excluding hydrogens is 659 g/mol. The lowest BCUT2D eigenvalue weighted by molar-refractivity contribution is -0.143. The van der Waals surface area contributed by atoms with Crippen molar-refractivity contribution >= 4 is 41.4 Å². The Balaban J connectivity index is 1.27. The van der Waals surface area contributed by atoms with Gasteiger partial charge in [-0.1, -0.05) is 42.5 Å². The molecule has 0 aromatic heterocycles. The van der Waals surface area contributed by atoms with Crippen molar-refractivity contribution in [2.24, 2.45) is 28.9 Å². The van der Waals surface area contributed by atoms with Crippen LogP contribution >= 0.6 is 11.8 Å². The van der Waals surface area contributed by atoms with Gasteiger partial charge in [0.2, 0.25) is 23.6 Å². The van der Waals surface area contributed by atoms with E-state index in [1.807, 2.05) is 24.5 Å². The summed E-state index contributed by atoms with van der Waals surface area (Å²) in [4.78, 5) is 66.0. The van der Waals surface area contributed by atoms with Gasteiger partial charge in [0.05, 0.1) is 12.6 Å². The molecule has 4 atom stereocenters. The van der Waals surface area contributed by atoms with Crippen LogP contribution in [0.2, 0.25) is 0 Å². The second kappa shape index (κ2) is 16.7. The van der Waals surface area contributed by atoms with E-state index in [9.17, 15) is 34.2 Å². The first kappa shape index (κ1) is 37.2. The third-order valence-corrected chi connectivity index (χ3v) is 11.2. The van der Waals surface area contributed by atoms with Gasteiger partial charge in [0.25, 0.3) is 0 Å². The Labute approximate surface area is 297 Å². The Kier molecular flexibility index (Phi) is 12.4. The van der Waals surface area contributed by atoms with E-state index in [0.717, 1.165) is 49.7 Å². The largest absolute Gasteiger partial charge is 0.508 e. The number of amides is 4. The molecule has 4 saturated carbocycles. The number of aliphatic carboxylic acids is 1. The van der Waals surface area contributed by atoms with Crippen LogP contribution in [-0.2, 0) is 36.8 Å². The zero-order valence-corrected chi connectivity index (χ0v) is 29.3. The van der Waals surface area contributed by atoms with E-state index in [1.54, 1.807) is 24.3 Å². The van der Waals surface area contributed by atoms with Crippen LogP contribution in [0, 0.1) is 23.2 Å². The Morgan fingerprint density at radius 2 is 1.40 bits per heavy atom. The van der Waals surface area contributed by atoms with E-state index in [-0.39, 0.29) is 25.0 Å². The molecular formula is C37H49N5O7S. The molecule has 0 spiro atoms. The van der Waals surface area contributed by atoms with Crippen LogP contribution in [0.1, 0.15) is 56.1 Å². The third kappa shape index (κ3) is 9.57. The third-order valence-electron chi connectivity index (χ3n) is 10.6. The molecule has 0 saturated heterocycles. The lowest BCUT2D eigenvalue weighted by Gasteiger charge is -2.59. The molecule has 2 aromatic rings. The number of carboxylic acids is 1. The minimum atomic E-state index is -1.16. The maximum absolute atomic E-state index is 14.0. The Morgan fingerprint density at radius 3 is 1.98 bits per heavy atom. The summed E-state index contributed by atoms with van der Waals surface area (Å²) >= 11 is 1.46. The van der Waals surface area contributed by atoms with Gasteiger partial charge in [-0.25, -0.2) is 4.79 Å². The molecule has 4 amide bonds. The highest BCUT2D eigenvalue weighted by atomic mass is 32.2. The minimum absolute atomic E-state index is 0.108. The number of nitrogens with two attached hydrogens (primary N) is 1. The van der Waals surface area contributed by atoms with Crippen molar-refractivity contribution in [1.29, 1.82) is 0 Å². The summed E-state index contributed by atoms with van der Waals surface area (Å²) < 4.78 is 0. The van der Waals surface area contributed by atoms with Crippen LogP contribution in [0.25, 0.3) is 0 Å². The lowest BCUT2D eigenvalue weighted by atomic mass is 9.47. The maximum atomic E-state index is 14.0. The summed E-state index contributed by atoms with van der Waals surface area (Å²) in [6, 6.07) is 11.5. The molecule has 8 N–H and O–H groups in total. The number of aromatic hydroxyl groups is 1. The second-order valence-corrected chi connectivity index (χ2v) is 15.4. The topological polar surface area (TPSA) is 200 Å². The quantitative estimate of drug-likeness (QED) is 0.129. The molecule has 12 nitrogen and oxygen atoms in total. The number of hydrogen-bond acceptors (Lipinski definition) is 8. The summed E-state index contributed by atoms with van der Waals surface area (Å²) in [5, 5.41) is 30.3. The summed E-state index contributed by atoms with van der Waals surface area (Å²) in [6.07, 6.45) is 8.26. The number of phenolic OH excluding ortho intramolecular Hbond substituents is 1. The summed E-state index contributed by atoms with van der Waals surface area (Å²) in [5.74, 6) is -1.25. The molecule has 4 fully saturated rings. The number of hydrogen-bond donors (Lipinski definition) is 7. The van der Waals surface area contributed by atoms with Crippen LogP contribution in [-0.4, -0.2) is 82.5 Å². The number of carbonyl (C=O) groups excluding carboxylic acids is 4. The molecule has 4 aliphatic carbocycles. The monoisotopic (exact) mass is 707 g/mol. The zero-order chi connectivity index (χ0) is 35.8. The first-order chi connectivity index (χ1) is 23.9. The fourth-order valence-corrected chi connectivity index (χ4v) is 9.07. The van der Waals surface area contributed by atoms with Gasteiger partial charge >= 0.3 is 5.97 Å². The molecule has 50 heavy (non-hydrogen) atoms. The average molecular weight is 708 g/mol. The van der Waals surface area contributed by atoms with E-state index in [4.69, 9.17) is 5.73 Å². The van der Waals surface area contributed by atoms with Crippen molar-refractivity contribution in [3.63, 3.8) is 0 Å². The van der Waals surface area contributed by atoms with Gasteiger partial charge in [0.15, 0.2) is 0 Å². The predicted molar refractivity (Wildman–Crippen MR) is 190 cm³/mol. The molecule has 0 radical (unpaired) electrons. The summed E-state index contributed by atoms with van der Waals surface area (Å²) in [6.45, 7) is -0.440. The van der Waals surface area contributed by atoms with Gasteiger partial charge in [-0.15, -0.1) is 0 Å². The summed E-state index contributed by atoms with van der Waals surface area (Å²) in [7, 11) is 0. The fourth-order valence-electron chi connectivity index (χ4n) is 8.60. The highest BCUT2D eigenvalue weighted by Crippen LogP contribution is 2.61. The Hall–Kier alpha value is -4.10. The Morgan fingerprint density at radius 1 is 0.800 bits per heavy atom. The van der Waals surface area contributed by atoms with Gasteiger partial charge in [-0.3, -0.25) is 19.2 Å². The van der Waals surface area contributed by atoms with Crippen molar-refractivity contribution in [2.75, 3.05) is 18.6 Å².